The predicted molar refractivity (Wildman–Crippen MR) is 72.7 cm³/mol. The van der Waals surface area contributed by atoms with Crippen LogP contribution in [0.5, 0.6) is 0 Å². The van der Waals surface area contributed by atoms with Crippen LogP contribution in [0.2, 0.25) is 0 Å². The van der Waals surface area contributed by atoms with Crippen LogP contribution in [0, 0.1) is 0 Å². The fourth-order valence-electron chi connectivity index (χ4n) is 2.92. The summed E-state index contributed by atoms with van der Waals surface area (Å²) >= 11 is 0. The van der Waals surface area contributed by atoms with E-state index in [-0.39, 0.29) is 6.03 Å². The summed E-state index contributed by atoms with van der Waals surface area (Å²) in [4.78, 5) is 16.3. The molecule has 2 aliphatic rings. The molecule has 0 atom stereocenters. The zero-order chi connectivity index (χ0) is 12.5. The van der Waals surface area contributed by atoms with Crippen molar-refractivity contribution >= 4 is 17.4 Å². The first-order valence-corrected chi connectivity index (χ1v) is 6.71. The first-order chi connectivity index (χ1) is 8.77. The number of urea groups is 1. The maximum absolute atomic E-state index is 12.5. The number of hydrogen-bond acceptors (Lipinski definition) is 2. The number of nitrogen functional groups attached to an aromatic ring is 1. The Hall–Kier alpha value is -1.71. The van der Waals surface area contributed by atoms with Gasteiger partial charge < -0.3 is 10.6 Å². The molecule has 2 heterocycles. The van der Waals surface area contributed by atoms with Crippen molar-refractivity contribution in [2.45, 2.75) is 25.7 Å². The van der Waals surface area contributed by atoms with Crippen molar-refractivity contribution < 1.29 is 4.79 Å². The number of hydrogen-bond donors (Lipinski definition) is 1. The van der Waals surface area contributed by atoms with Gasteiger partial charge in [0.25, 0.3) is 0 Å². The smallest absolute Gasteiger partial charge is 0.324 e. The molecule has 1 fully saturated rings. The van der Waals surface area contributed by atoms with Gasteiger partial charge in [-0.15, -0.1) is 0 Å². The number of rotatable bonds is 0. The van der Waals surface area contributed by atoms with E-state index in [4.69, 9.17) is 5.73 Å². The second-order valence-electron chi connectivity index (χ2n) is 5.08. The molecule has 18 heavy (non-hydrogen) atoms. The monoisotopic (exact) mass is 245 g/mol. The van der Waals surface area contributed by atoms with Gasteiger partial charge in [-0.3, -0.25) is 4.90 Å². The molecule has 0 aromatic heterocycles. The van der Waals surface area contributed by atoms with Gasteiger partial charge >= 0.3 is 6.03 Å². The number of amides is 2. The average Bonchev–Trinajstić information content (AvgIpc) is 2.84. The van der Waals surface area contributed by atoms with Gasteiger partial charge in [-0.1, -0.05) is 6.07 Å². The Balaban J connectivity index is 1.83. The van der Waals surface area contributed by atoms with Gasteiger partial charge in [0.15, 0.2) is 0 Å². The van der Waals surface area contributed by atoms with Crippen molar-refractivity contribution in [3.63, 3.8) is 0 Å². The molecule has 2 amide bonds. The van der Waals surface area contributed by atoms with Crippen LogP contribution in [0.4, 0.5) is 16.2 Å². The molecule has 0 unspecified atom stereocenters. The molecule has 2 N–H and O–H groups in total. The summed E-state index contributed by atoms with van der Waals surface area (Å²) in [5, 5.41) is 0. The van der Waals surface area contributed by atoms with Crippen molar-refractivity contribution in [3.8, 4) is 0 Å². The van der Waals surface area contributed by atoms with Crippen LogP contribution in [0.3, 0.4) is 0 Å². The van der Waals surface area contributed by atoms with Gasteiger partial charge in [-0.2, -0.15) is 0 Å². The highest BCUT2D eigenvalue weighted by molar-refractivity contribution is 5.95. The van der Waals surface area contributed by atoms with Gasteiger partial charge in [-0.25, -0.2) is 4.79 Å². The van der Waals surface area contributed by atoms with E-state index < -0.39 is 0 Å². The molecular weight excluding hydrogens is 226 g/mol. The molecule has 1 saturated heterocycles. The Labute approximate surface area is 107 Å². The number of likely N-dealkylation sites (tertiary alicyclic amines) is 1. The number of nitrogens with zero attached hydrogens (tertiary/aromatic N) is 2. The lowest BCUT2D eigenvalue weighted by molar-refractivity contribution is 0.193. The predicted octanol–water partition coefficient (Wildman–Crippen LogP) is 2.24. The summed E-state index contributed by atoms with van der Waals surface area (Å²) in [7, 11) is 0. The molecule has 0 aliphatic carbocycles. The van der Waals surface area contributed by atoms with Crippen LogP contribution in [0.15, 0.2) is 18.2 Å². The summed E-state index contributed by atoms with van der Waals surface area (Å²) < 4.78 is 0. The Kier molecular flexibility index (Phi) is 2.86. The summed E-state index contributed by atoms with van der Waals surface area (Å²) in [6.07, 6.45) is 4.38. The van der Waals surface area contributed by atoms with Crippen molar-refractivity contribution in [2.24, 2.45) is 0 Å². The highest BCUT2D eigenvalue weighted by Crippen LogP contribution is 2.33. The maximum atomic E-state index is 12.5. The minimum Gasteiger partial charge on any atom is -0.398 e. The Morgan fingerprint density at radius 2 is 1.89 bits per heavy atom. The lowest BCUT2D eigenvalue weighted by atomic mass is 10.1. The standard InChI is InChI=1S/C14H19N3O/c15-12-5-4-6-13-11(12)7-10-17(13)14(18)16-8-2-1-3-9-16/h4-6H,1-3,7-10,15H2. The van der Waals surface area contributed by atoms with E-state index in [0.29, 0.717) is 0 Å². The molecule has 0 saturated carbocycles. The normalized spacial score (nSPS) is 18.9. The van der Waals surface area contributed by atoms with Crippen LogP contribution in [-0.4, -0.2) is 30.6 Å². The molecule has 0 spiro atoms. The van der Waals surface area contributed by atoms with Gasteiger partial charge in [0.2, 0.25) is 0 Å². The molecule has 0 radical (unpaired) electrons. The van der Waals surface area contributed by atoms with Crippen LogP contribution >= 0.6 is 0 Å². The third-order valence-electron chi connectivity index (χ3n) is 3.92. The molecule has 4 heteroatoms. The second-order valence-corrected chi connectivity index (χ2v) is 5.08. The summed E-state index contributed by atoms with van der Waals surface area (Å²) in [5.74, 6) is 0. The number of carbonyl (C=O) groups is 1. The highest BCUT2D eigenvalue weighted by atomic mass is 16.2. The van der Waals surface area contributed by atoms with Crippen LogP contribution in [-0.2, 0) is 6.42 Å². The zero-order valence-corrected chi connectivity index (χ0v) is 10.6. The zero-order valence-electron chi connectivity index (χ0n) is 10.6. The number of nitrogens with two attached hydrogens (primary N) is 1. The fraction of sp³-hybridized carbons (Fsp3) is 0.500. The first kappa shape index (κ1) is 11.4. The minimum atomic E-state index is 0.152. The van der Waals surface area contributed by atoms with Crippen LogP contribution in [0.1, 0.15) is 24.8 Å². The van der Waals surface area contributed by atoms with Gasteiger partial charge in [0, 0.05) is 30.9 Å². The molecule has 2 aliphatic heterocycles. The Morgan fingerprint density at radius 1 is 1.11 bits per heavy atom. The third-order valence-corrected chi connectivity index (χ3v) is 3.92. The van der Waals surface area contributed by atoms with Gasteiger partial charge in [0.1, 0.15) is 0 Å². The quantitative estimate of drug-likeness (QED) is 0.713. The first-order valence-electron chi connectivity index (χ1n) is 6.71. The SMILES string of the molecule is Nc1cccc2c1CCN2C(=O)N1CCCCC1. The van der Waals surface area contributed by atoms with Crippen LogP contribution in [0.25, 0.3) is 0 Å². The van der Waals surface area contributed by atoms with Crippen molar-refractivity contribution in [2.75, 3.05) is 30.3 Å². The number of benzene rings is 1. The van der Waals surface area contributed by atoms with E-state index >= 15 is 0 Å². The third kappa shape index (κ3) is 1.82. The molecule has 3 rings (SSSR count). The van der Waals surface area contributed by atoms with E-state index in [1.54, 1.807) is 0 Å². The van der Waals surface area contributed by atoms with E-state index in [0.717, 1.165) is 55.8 Å². The van der Waals surface area contributed by atoms with Crippen molar-refractivity contribution in [3.05, 3.63) is 23.8 Å². The summed E-state index contributed by atoms with van der Waals surface area (Å²) in [5.41, 5.74) is 8.90. The Bertz CT molecular complexity index is 466. The van der Waals surface area contributed by atoms with Gasteiger partial charge in [-0.05, 0) is 37.8 Å². The van der Waals surface area contributed by atoms with E-state index in [2.05, 4.69) is 0 Å². The summed E-state index contributed by atoms with van der Waals surface area (Å²) in [6, 6.07) is 5.99. The number of anilines is 2. The highest BCUT2D eigenvalue weighted by Gasteiger charge is 2.29. The largest absolute Gasteiger partial charge is 0.398 e. The molecule has 1 aromatic carbocycles. The molecular formula is C14H19N3O. The average molecular weight is 245 g/mol. The van der Waals surface area contributed by atoms with Gasteiger partial charge in [0.05, 0.1) is 5.69 Å². The molecule has 4 nitrogen and oxygen atoms in total. The molecule has 1 aromatic rings. The Morgan fingerprint density at radius 3 is 2.67 bits per heavy atom. The number of carbonyl (C=O) groups excluding carboxylic acids is 1. The van der Waals surface area contributed by atoms with E-state index in [1.807, 2.05) is 28.0 Å². The van der Waals surface area contributed by atoms with E-state index in [1.165, 1.54) is 6.42 Å². The number of piperidine rings is 1. The topological polar surface area (TPSA) is 49.6 Å². The second kappa shape index (κ2) is 4.52. The molecule has 0 bridgehead atoms. The molecule has 96 valence electrons. The fourth-order valence-corrected chi connectivity index (χ4v) is 2.92. The van der Waals surface area contributed by atoms with Crippen LogP contribution < -0.4 is 10.6 Å². The van der Waals surface area contributed by atoms with E-state index in [9.17, 15) is 4.79 Å². The van der Waals surface area contributed by atoms with Crippen molar-refractivity contribution in [1.82, 2.24) is 4.90 Å². The minimum absolute atomic E-state index is 0.152. The van der Waals surface area contributed by atoms with Crippen molar-refractivity contribution in [1.29, 1.82) is 0 Å². The number of fused-ring (bicyclic) bond motifs is 1. The lowest BCUT2D eigenvalue weighted by Crippen LogP contribution is -2.44. The summed E-state index contributed by atoms with van der Waals surface area (Å²) in [6.45, 7) is 2.55. The maximum Gasteiger partial charge on any atom is 0.324 e. The lowest BCUT2D eigenvalue weighted by Gasteiger charge is -2.31.